The molecule has 4 rings (SSSR count). The molecule has 0 amide bonds. The van der Waals surface area contributed by atoms with Crippen LogP contribution < -0.4 is 10.7 Å². The monoisotopic (exact) mass is 411 g/mol. The largest absolute Gasteiger partial charge is 0.478 e. The molecule has 0 aliphatic rings. The maximum Gasteiger partial charge on any atom is 0.337 e. The van der Waals surface area contributed by atoms with Crippen LogP contribution in [0.15, 0.2) is 63.8 Å². The van der Waals surface area contributed by atoms with E-state index in [9.17, 15) is 14.7 Å². The van der Waals surface area contributed by atoms with Crippen molar-refractivity contribution in [3.05, 3.63) is 99.2 Å². The number of carboxylic acid groups (broad SMARTS) is 1. The number of hydrogen-bond donors (Lipinski definition) is 2. The highest BCUT2D eigenvalue weighted by molar-refractivity contribution is 5.94. The summed E-state index contributed by atoms with van der Waals surface area (Å²) in [5.41, 5.74) is 4.05. The number of nitrogens with one attached hydrogen (secondary N) is 1. The van der Waals surface area contributed by atoms with E-state index in [0.717, 1.165) is 16.7 Å². The van der Waals surface area contributed by atoms with E-state index in [0.29, 0.717) is 28.0 Å². The van der Waals surface area contributed by atoms with Gasteiger partial charge in [0.15, 0.2) is 5.43 Å². The standard InChI is InChI=1S/C26H21NO4/c1-15-13-20(17(3)27-22-12-8-7-11-19(22)26(29)30)25-21(14-15)23(28)16(2)24(31-25)18-9-5-4-6-10-18/h5,7-14,17,27H,1-3H3,(H,29,30). The van der Waals surface area contributed by atoms with Crippen molar-refractivity contribution in [3.63, 3.8) is 0 Å². The van der Waals surface area contributed by atoms with Gasteiger partial charge in [-0.1, -0.05) is 30.3 Å². The third-order valence-electron chi connectivity index (χ3n) is 5.31. The number of fused-ring (bicyclic) bond motifs is 1. The minimum absolute atomic E-state index is 0.0906. The lowest BCUT2D eigenvalue weighted by Crippen LogP contribution is -2.14. The van der Waals surface area contributed by atoms with E-state index in [2.05, 4.69) is 17.4 Å². The maximum atomic E-state index is 13.2. The zero-order chi connectivity index (χ0) is 22.1. The molecule has 0 saturated heterocycles. The lowest BCUT2D eigenvalue weighted by molar-refractivity contribution is 0.0698. The number of para-hydroxylation sites is 1. The van der Waals surface area contributed by atoms with Gasteiger partial charge in [-0.25, -0.2) is 4.79 Å². The summed E-state index contributed by atoms with van der Waals surface area (Å²) >= 11 is 0. The van der Waals surface area contributed by atoms with Crippen LogP contribution in [0.2, 0.25) is 0 Å². The van der Waals surface area contributed by atoms with Gasteiger partial charge in [-0.05, 0) is 62.7 Å². The number of hydrogen-bond acceptors (Lipinski definition) is 4. The average molecular weight is 411 g/mol. The molecule has 1 aromatic heterocycles. The van der Waals surface area contributed by atoms with Gasteiger partial charge in [0, 0.05) is 22.4 Å². The fourth-order valence-corrected chi connectivity index (χ4v) is 3.76. The first-order valence-corrected chi connectivity index (χ1v) is 9.91. The molecule has 154 valence electrons. The molecular formula is C26H21NO4. The Bertz CT molecular complexity index is 1340. The van der Waals surface area contributed by atoms with Gasteiger partial charge in [0.25, 0.3) is 0 Å². The molecule has 0 fully saturated rings. The van der Waals surface area contributed by atoms with E-state index < -0.39 is 5.97 Å². The highest BCUT2D eigenvalue weighted by atomic mass is 16.4. The van der Waals surface area contributed by atoms with Crippen molar-refractivity contribution in [2.45, 2.75) is 26.8 Å². The second-order valence-corrected chi connectivity index (χ2v) is 7.55. The Morgan fingerprint density at radius 1 is 1.13 bits per heavy atom. The number of carbonyl (C=O) groups is 1. The van der Waals surface area contributed by atoms with E-state index in [1.54, 1.807) is 43.3 Å². The number of aromatic carboxylic acids is 1. The van der Waals surface area contributed by atoms with Gasteiger partial charge in [-0.2, -0.15) is 0 Å². The van der Waals surface area contributed by atoms with Crippen molar-refractivity contribution in [2.75, 3.05) is 5.32 Å². The van der Waals surface area contributed by atoms with Crippen LogP contribution in [0.25, 0.3) is 22.3 Å². The van der Waals surface area contributed by atoms with Crippen LogP contribution in [0.1, 0.15) is 40.0 Å². The van der Waals surface area contributed by atoms with E-state index in [1.807, 2.05) is 32.0 Å². The number of aryl methyl sites for hydroxylation is 1. The molecule has 5 heteroatoms. The molecule has 4 aromatic rings. The lowest BCUT2D eigenvalue weighted by Gasteiger charge is -2.19. The van der Waals surface area contributed by atoms with E-state index >= 15 is 0 Å². The van der Waals surface area contributed by atoms with Crippen molar-refractivity contribution < 1.29 is 14.3 Å². The van der Waals surface area contributed by atoms with Gasteiger partial charge in [0.2, 0.25) is 0 Å². The Morgan fingerprint density at radius 3 is 2.61 bits per heavy atom. The lowest BCUT2D eigenvalue weighted by atomic mass is 9.98. The van der Waals surface area contributed by atoms with E-state index in [-0.39, 0.29) is 17.0 Å². The predicted molar refractivity (Wildman–Crippen MR) is 121 cm³/mol. The normalized spacial score (nSPS) is 11.7. The van der Waals surface area contributed by atoms with Crippen LogP contribution in [-0.4, -0.2) is 11.1 Å². The highest BCUT2D eigenvalue weighted by Gasteiger charge is 2.20. The van der Waals surface area contributed by atoms with Crippen LogP contribution >= 0.6 is 0 Å². The molecule has 2 N–H and O–H groups in total. The summed E-state index contributed by atoms with van der Waals surface area (Å²) in [6, 6.07) is 21.2. The maximum absolute atomic E-state index is 13.2. The van der Waals surface area contributed by atoms with Gasteiger partial charge < -0.3 is 14.8 Å². The second kappa shape index (κ2) is 8.00. The molecule has 0 aliphatic carbocycles. The smallest absolute Gasteiger partial charge is 0.337 e. The van der Waals surface area contributed by atoms with Crippen LogP contribution in [0.4, 0.5) is 5.69 Å². The summed E-state index contributed by atoms with van der Waals surface area (Å²) in [5, 5.41) is 13.3. The zero-order valence-electron chi connectivity index (χ0n) is 17.4. The Hall–Kier alpha value is -4.04. The minimum Gasteiger partial charge on any atom is -0.478 e. The molecule has 1 unspecified atom stereocenters. The fraction of sp³-hybridized carbons (Fsp3) is 0.154. The van der Waals surface area contributed by atoms with Crippen molar-refractivity contribution >= 4 is 22.6 Å². The van der Waals surface area contributed by atoms with Crippen LogP contribution in [0.3, 0.4) is 0 Å². The fourth-order valence-electron chi connectivity index (χ4n) is 3.76. The number of anilines is 1. The van der Waals surface area contributed by atoms with Gasteiger partial charge in [-0.3, -0.25) is 4.79 Å². The summed E-state index contributed by atoms with van der Waals surface area (Å²) in [4.78, 5) is 24.8. The van der Waals surface area contributed by atoms with Crippen molar-refractivity contribution in [2.24, 2.45) is 0 Å². The van der Waals surface area contributed by atoms with Crippen LogP contribution in [0, 0.1) is 26.0 Å². The topological polar surface area (TPSA) is 79.5 Å². The summed E-state index contributed by atoms with van der Waals surface area (Å²) < 4.78 is 6.29. The summed E-state index contributed by atoms with van der Waals surface area (Å²) in [5.74, 6) is -0.517. The number of carboxylic acids is 1. The third kappa shape index (κ3) is 3.76. The number of benzene rings is 2. The summed E-state index contributed by atoms with van der Waals surface area (Å²) in [7, 11) is 0. The molecule has 1 atom stereocenters. The van der Waals surface area contributed by atoms with Crippen molar-refractivity contribution in [1.29, 1.82) is 0 Å². The molecule has 0 radical (unpaired) electrons. The second-order valence-electron chi connectivity index (χ2n) is 7.55. The predicted octanol–water partition coefficient (Wildman–Crippen LogP) is 5.55. The van der Waals surface area contributed by atoms with Crippen molar-refractivity contribution in [3.8, 4) is 11.3 Å². The molecule has 0 aliphatic heterocycles. The molecule has 31 heavy (non-hydrogen) atoms. The third-order valence-corrected chi connectivity index (χ3v) is 5.31. The Morgan fingerprint density at radius 2 is 1.90 bits per heavy atom. The Labute approximate surface area is 180 Å². The molecule has 0 spiro atoms. The summed E-state index contributed by atoms with van der Waals surface area (Å²) in [6.45, 7) is 5.59. The quantitative estimate of drug-likeness (QED) is 0.450. The highest BCUT2D eigenvalue weighted by Crippen LogP contribution is 2.32. The average Bonchev–Trinajstić information content (AvgIpc) is 2.77. The first kappa shape index (κ1) is 20.2. The van der Waals surface area contributed by atoms with Gasteiger partial charge in [0.1, 0.15) is 11.3 Å². The molecule has 3 aromatic carbocycles. The van der Waals surface area contributed by atoms with Gasteiger partial charge in [0.05, 0.1) is 17.0 Å². The Kier molecular flexibility index (Phi) is 5.22. The van der Waals surface area contributed by atoms with E-state index in [4.69, 9.17) is 4.42 Å². The molecule has 1 heterocycles. The van der Waals surface area contributed by atoms with Crippen LogP contribution in [-0.2, 0) is 0 Å². The number of rotatable bonds is 5. The molecular weight excluding hydrogens is 390 g/mol. The van der Waals surface area contributed by atoms with E-state index in [1.165, 1.54) is 0 Å². The SMILES string of the molecule is Cc1cc(C(C)Nc2ccccc2C(=O)O)c2oc(-c3cc#ccc3)c(C)c(=O)c2c1. The minimum atomic E-state index is -1.01. The van der Waals surface area contributed by atoms with Gasteiger partial charge in [-0.15, -0.1) is 0 Å². The zero-order valence-corrected chi connectivity index (χ0v) is 17.4. The van der Waals surface area contributed by atoms with Crippen molar-refractivity contribution in [1.82, 2.24) is 0 Å². The molecule has 0 bridgehead atoms. The van der Waals surface area contributed by atoms with Crippen LogP contribution in [0.5, 0.6) is 0 Å². The first-order chi connectivity index (χ1) is 14.9. The molecule has 0 saturated carbocycles. The molecule has 5 nitrogen and oxygen atoms in total. The first-order valence-electron chi connectivity index (χ1n) is 9.91. The summed E-state index contributed by atoms with van der Waals surface area (Å²) in [6.07, 6.45) is 0. The Balaban J connectivity index is 1.89. The van der Waals surface area contributed by atoms with Gasteiger partial charge >= 0.3 is 5.97 Å².